The third kappa shape index (κ3) is 3.92. The molecule has 0 saturated carbocycles. The molecule has 0 radical (unpaired) electrons. The molecule has 0 unspecified atom stereocenters. The van der Waals surface area contributed by atoms with E-state index in [1.165, 1.54) is 0 Å². The normalized spacial score (nSPS) is 11.1. The van der Waals surface area contributed by atoms with E-state index in [-0.39, 0.29) is 0 Å². The van der Waals surface area contributed by atoms with Gasteiger partial charge in [0, 0.05) is 23.0 Å². The quantitative estimate of drug-likeness (QED) is 0.390. The summed E-state index contributed by atoms with van der Waals surface area (Å²) in [5.41, 5.74) is 2.57. The van der Waals surface area contributed by atoms with E-state index < -0.39 is 0 Å². The summed E-state index contributed by atoms with van der Waals surface area (Å²) in [6.07, 6.45) is 0. The fourth-order valence-electron chi connectivity index (χ4n) is 0.239. The van der Waals surface area contributed by atoms with Crippen molar-refractivity contribution in [3.05, 3.63) is 0 Å². The number of hydrogen-bond acceptors (Lipinski definition) is 3. The van der Waals surface area contributed by atoms with Crippen molar-refractivity contribution in [3.8, 4) is 0 Å². The van der Waals surface area contributed by atoms with Crippen molar-refractivity contribution in [1.29, 1.82) is 0 Å². The Hall–Kier alpha value is -0.250. The summed E-state index contributed by atoms with van der Waals surface area (Å²) in [4.78, 5) is 0.488. The molecular weight excluding hydrogens is 172 g/mol. The van der Waals surface area contributed by atoms with Gasteiger partial charge in [0.05, 0.1) is 6.61 Å². The smallest absolute Gasteiger partial charge is 0.275 e. The van der Waals surface area contributed by atoms with Crippen LogP contribution in [0.25, 0.3) is 0 Å². The Morgan fingerprint density at radius 3 is 2.88 bits per heavy atom. The van der Waals surface area contributed by atoms with Crippen LogP contribution in [0.1, 0.15) is 6.92 Å². The van der Waals surface area contributed by atoms with Crippen molar-refractivity contribution in [1.82, 2.24) is 5.43 Å². The Labute approximate surface area is 57.2 Å². The second-order valence-corrected chi connectivity index (χ2v) is 1.70. The van der Waals surface area contributed by atoms with Crippen LogP contribution < -0.4 is 5.43 Å². The molecule has 0 aliphatic heterocycles. The van der Waals surface area contributed by atoms with E-state index in [1.54, 1.807) is 7.05 Å². The summed E-state index contributed by atoms with van der Waals surface area (Å²) in [6, 6.07) is 0. The first-order chi connectivity index (χ1) is 3.81. The van der Waals surface area contributed by atoms with Gasteiger partial charge >= 0.3 is 0 Å². The zero-order valence-electron chi connectivity index (χ0n) is 4.94. The number of halogens is 1. The fraction of sp³-hybridized carbons (Fsp3) is 0.750. The monoisotopic (exact) mass is 180 g/mol. The lowest BCUT2D eigenvalue weighted by atomic mass is 10.9. The lowest BCUT2D eigenvalue weighted by Gasteiger charge is -1.96. The molecule has 0 aliphatic rings. The van der Waals surface area contributed by atoms with Crippen molar-refractivity contribution in [2.24, 2.45) is 5.10 Å². The van der Waals surface area contributed by atoms with E-state index in [4.69, 9.17) is 4.74 Å². The van der Waals surface area contributed by atoms with Gasteiger partial charge in [-0.05, 0) is 6.92 Å². The van der Waals surface area contributed by atoms with Crippen molar-refractivity contribution in [2.45, 2.75) is 6.92 Å². The molecule has 0 aromatic heterocycles. The Balaban J connectivity index is 3.29. The fourth-order valence-corrected chi connectivity index (χ4v) is 0.646. The SMILES string of the molecule is CCO/C(Br)=N\NC. The molecule has 0 atom stereocenters. The molecule has 48 valence electrons. The van der Waals surface area contributed by atoms with Crippen LogP contribution in [-0.4, -0.2) is 18.5 Å². The maximum Gasteiger partial charge on any atom is 0.275 e. The van der Waals surface area contributed by atoms with Gasteiger partial charge in [0.1, 0.15) is 0 Å². The number of hydrogen-bond donors (Lipinski definition) is 1. The van der Waals surface area contributed by atoms with Gasteiger partial charge in [-0.1, -0.05) is 0 Å². The third-order valence-electron chi connectivity index (χ3n) is 0.463. The Bertz CT molecular complexity index is 84.1. The van der Waals surface area contributed by atoms with Crippen LogP contribution in [0.3, 0.4) is 0 Å². The first-order valence-corrected chi connectivity index (χ1v) is 3.13. The maximum atomic E-state index is 4.89. The van der Waals surface area contributed by atoms with E-state index in [1.807, 2.05) is 6.92 Å². The first-order valence-electron chi connectivity index (χ1n) is 2.34. The summed E-state index contributed by atoms with van der Waals surface area (Å²) in [5.74, 6) is 0. The van der Waals surface area contributed by atoms with Gasteiger partial charge in [0.2, 0.25) is 0 Å². The summed E-state index contributed by atoms with van der Waals surface area (Å²) in [6.45, 7) is 2.53. The second kappa shape index (κ2) is 4.90. The van der Waals surface area contributed by atoms with Crippen molar-refractivity contribution < 1.29 is 4.74 Å². The molecule has 0 amide bonds. The summed E-state index contributed by atoms with van der Waals surface area (Å²) in [7, 11) is 1.71. The molecule has 0 aromatic rings. The zero-order valence-corrected chi connectivity index (χ0v) is 6.53. The molecule has 0 spiro atoms. The molecule has 0 bridgehead atoms. The van der Waals surface area contributed by atoms with Gasteiger partial charge in [0.15, 0.2) is 0 Å². The van der Waals surface area contributed by atoms with Gasteiger partial charge in [-0.2, -0.15) is 0 Å². The lowest BCUT2D eigenvalue weighted by Crippen LogP contribution is -2.02. The van der Waals surface area contributed by atoms with Crippen LogP contribution in [0.2, 0.25) is 0 Å². The predicted molar refractivity (Wildman–Crippen MR) is 37.0 cm³/mol. The van der Waals surface area contributed by atoms with E-state index in [2.05, 4.69) is 26.5 Å². The second-order valence-electron chi connectivity index (χ2n) is 1.02. The minimum atomic E-state index is 0.488. The number of nitrogens with zero attached hydrogens (tertiary/aromatic N) is 1. The Kier molecular flexibility index (Phi) is 4.75. The minimum Gasteiger partial charge on any atom is -0.472 e. The van der Waals surface area contributed by atoms with Crippen LogP contribution in [0, 0.1) is 0 Å². The highest BCUT2D eigenvalue weighted by Gasteiger charge is 1.85. The number of ether oxygens (including phenoxy) is 1. The number of nitrogens with one attached hydrogen (secondary N) is 1. The molecule has 1 N–H and O–H groups in total. The summed E-state index contributed by atoms with van der Waals surface area (Å²) >= 11 is 3.06. The summed E-state index contributed by atoms with van der Waals surface area (Å²) in [5, 5.41) is 3.68. The molecule has 0 rings (SSSR count). The third-order valence-corrected chi connectivity index (χ3v) is 0.869. The van der Waals surface area contributed by atoms with Crippen LogP contribution in [0.5, 0.6) is 0 Å². The van der Waals surface area contributed by atoms with Crippen LogP contribution in [-0.2, 0) is 4.74 Å². The highest BCUT2D eigenvalue weighted by molar-refractivity contribution is 9.18. The highest BCUT2D eigenvalue weighted by atomic mass is 79.9. The highest BCUT2D eigenvalue weighted by Crippen LogP contribution is 1.88. The molecule has 0 saturated heterocycles. The van der Waals surface area contributed by atoms with Gasteiger partial charge in [-0.15, -0.1) is 5.10 Å². The van der Waals surface area contributed by atoms with Gasteiger partial charge in [-0.3, -0.25) is 0 Å². The van der Waals surface area contributed by atoms with Crippen molar-refractivity contribution in [3.63, 3.8) is 0 Å². The zero-order chi connectivity index (χ0) is 6.41. The minimum absolute atomic E-state index is 0.488. The lowest BCUT2D eigenvalue weighted by molar-refractivity contribution is 0.336. The number of rotatable bonds is 2. The summed E-state index contributed by atoms with van der Waals surface area (Å²) < 4.78 is 4.89. The topological polar surface area (TPSA) is 33.6 Å². The van der Waals surface area contributed by atoms with Crippen molar-refractivity contribution in [2.75, 3.05) is 13.7 Å². The van der Waals surface area contributed by atoms with E-state index in [9.17, 15) is 0 Å². The molecule has 0 fully saturated rings. The van der Waals surface area contributed by atoms with E-state index in [0.29, 0.717) is 11.4 Å². The maximum absolute atomic E-state index is 4.89. The predicted octanol–water partition coefficient (Wildman–Crippen LogP) is 0.908. The standard InChI is InChI=1S/C4H9BrN2O/c1-3-8-4(5)7-6-2/h6H,3H2,1-2H3/b7-4-. The average Bonchev–Trinajstić information content (AvgIpc) is 1.68. The van der Waals surface area contributed by atoms with E-state index >= 15 is 0 Å². The van der Waals surface area contributed by atoms with Crippen molar-refractivity contribution >= 4 is 20.7 Å². The van der Waals surface area contributed by atoms with Gasteiger partial charge in [0.25, 0.3) is 4.81 Å². The van der Waals surface area contributed by atoms with Crippen LogP contribution in [0.15, 0.2) is 5.10 Å². The number of hydrazone groups is 1. The van der Waals surface area contributed by atoms with Crippen LogP contribution >= 0.6 is 15.9 Å². The largest absolute Gasteiger partial charge is 0.472 e. The van der Waals surface area contributed by atoms with Gasteiger partial charge < -0.3 is 10.2 Å². The van der Waals surface area contributed by atoms with Crippen LogP contribution in [0.4, 0.5) is 0 Å². The van der Waals surface area contributed by atoms with E-state index in [0.717, 1.165) is 0 Å². The molecule has 0 heterocycles. The first kappa shape index (κ1) is 7.75. The van der Waals surface area contributed by atoms with Gasteiger partial charge in [-0.25, -0.2) is 0 Å². The molecular formula is C4H9BrN2O. The molecule has 4 heteroatoms. The Morgan fingerprint density at radius 2 is 2.50 bits per heavy atom. The molecule has 8 heavy (non-hydrogen) atoms. The molecule has 0 aliphatic carbocycles. The Morgan fingerprint density at radius 1 is 1.88 bits per heavy atom. The molecule has 3 nitrogen and oxygen atoms in total. The average molecular weight is 181 g/mol. The molecule has 0 aromatic carbocycles.